The Morgan fingerprint density at radius 2 is 1.89 bits per heavy atom. The van der Waals surface area contributed by atoms with Gasteiger partial charge >= 0.3 is 0 Å². The van der Waals surface area contributed by atoms with E-state index in [0.717, 1.165) is 48.0 Å². The summed E-state index contributed by atoms with van der Waals surface area (Å²) in [7, 11) is -1.81. The quantitative estimate of drug-likeness (QED) is 0.590. The SMILES string of the molecule is COc1ccc(CC(C)C(=O)N[C@H]2Cc3ccc(NS(C)(=O)=O)cc3[C@H]3CCCC(C)N3C2=O)cc1. The number of rotatable bonds is 7. The fourth-order valence-electron chi connectivity index (χ4n) is 5.36. The highest BCUT2D eigenvalue weighted by molar-refractivity contribution is 7.92. The molecule has 2 heterocycles. The molecule has 2 aliphatic heterocycles. The molecular weight excluding hydrogens is 478 g/mol. The van der Waals surface area contributed by atoms with Crippen LogP contribution in [-0.4, -0.2) is 50.6 Å². The molecule has 2 aromatic carbocycles. The van der Waals surface area contributed by atoms with E-state index in [4.69, 9.17) is 4.74 Å². The molecule has 1 fully saturated rings. The zero-order chi connectivity index (χ0) is 26.0. The number of anilines is 1. The first-order valence-electron chi connectivity index (χ1n) is 12.4. The van der Waals surface area contributed by atoms with Crippen LogP contribution in [0.2, 0.25) is 0 Å². The Bertz CT molecular complexity index is 1230. The van der Waals surface area contributed by atoms with Gasteiger partial charge < -0.3 is 15.0 Å². The highest BCUT2D eigenvalue weighted by Crippen LogP contribution is 2.40. The third kappa shape index (κ3) is 5.83. The van der Waals surface area contributed by atoms with Crippen molar-refractivity contribution < 1.29 is 22.7 Å². The lowest BCUT2D eigenvalue weighted by molar-refractivity contribution is -0.142. The lowest BCUT2D eigenvalue weighted by Gasteiger charge is -2.41. The molecule has 0 bridgehead atoms. The summed E-state index contributed by atoms with van der Waals surface area (Å²) < 4.78 is 31.3. The number of hydrogen-bond donors (Lipinski definition) is 2. The van der Waals surface area contributed by atoms with Crippen molar-refractivity contribution in [3.63, 3.8) is 0 Å². The molecule has 2 unspecified atom stereocenters. The molecule has 0 aromatic heterocycles. The number of sulfonamides is 1. The normalized spacial score (nSPS) is 22.6. The van der Waals surface area contributed by atoms with Gasteiger partial charge in [-0.15, -0.1) is 0 Å². The van der Waals surface area contributed by atoms with Crippen molar-refractivity contribution in [2.24, 2.45) is 5.92 Å². The van der Waals surface area contributed by atoms with E-state index in [1.165, 1.54) is 0 Å². The number of nitrogens with one attached hydrogen (secondary N) is 2. The maximum absolute atomic E-state index is 13.7. The van der Waals surface area contributed by atoms with Gasteiger partial charge in [-0.2, -0.15) is 0 Å². The highest BCUT2D eigenvalue weighted by Gasteiger charge is 2.41. The molecule has 0 saturated carbocycles. The summed E-state index contributed by atoms with van der Waals surface area (Å²) in [6, 6.07) is 12.3. The molecule has 8 nitrogen and oxygen atoms in total. The Morgan fingerprint density at radius 1 is 1.17 bits per heavy atom. The Hall–Kier alpha value is -3.07. The number of nitrogens with zero attached hydrogens (tertiary/aromatic N) is 1. The number of amides is 2. The van der Waals surface area contributed by atoms with Gasteiger partial charge in [0.2, 0.25) is 21.8 Å². The minimum absolute atomic E-state index is 0.0323. The van der Waals surface area contributed by atoms with E-state index in [2.05, 4.69) is 10.0 Å². The first-order valence-corrected chi connectivity index (χ1v) is 14.3. The zero-order valence-corrected chi connectivity index (χ0v) is 22.1. The van der Waals surface area contributed by atoms with Crippen molar-refractivity contribution in [2.75, 3.05) is 18.1 Å². The second-order valence-corrected chi connectivity index (χ2v) is 11.8. The van der Waals surface area contributed by atoms with Crippen molar-refractivity contribution in [3.05, 3.63) is 59.2 Å². The molecule has 194 valence electrons. The van der Waals surface area contributed by atoms with E-state index < -0.39 is 16.1 Å². The number of hydrogen-bond acceptors (Lipinski definition) is 5. The Morgan fingerprint density at radius 3 is 2.56 bits per heavy atom. The van der Waals surface area contributed by atoms with E-state index in [-0.39, 0.29) is 29.8 Å². The molecule has 2 amide bonds. The molecule has 0 spiro atoms. The summed E-state index contributed by atoms with van der Waals surface area (Å²) in [4.78, 5) is 28.8. The summed E-state index contributed by atoms with van der Waals surface area (Å²) in [5, 5.41) is 3.03. The van der Waals surface area contributed by atoms with Crippen LogP contribution in [0.3, 0.4) is 0 Å². The predicted octanol–water partition coefficient (Wildman–Crippen LogP) is 3.43. The van der Waals surface area contributed by atoms with Gasteiger partial charge in [-0.1, -0.05) is 25.1 Å². The second-order valence-electron chi connectivity index (χ2n) is 10.0. The summed E-state index contributed by atoms with van der Waals surface area (Å²) >= 11 is 0. The number of benzene rings is 2. The molecule has 0 radical (unpaired) electrons. The number of fused-ring (bicyclic) bond motifs is 3. The standard InChI is InChI=1S/C27H35N3O5S/c1-17(14-19-8-12-22(35-3)13-9-19)26(31)28-24-15-20-10-11-21(29-36(4,33)34)16-23(20)25-7-5-6-18(2)30(25)27(24)32/h8-13,16-18,24-25,29H,5-7,14-15H2,1-4H3,(H,28,31)/t17?,18?,24-,25+/m0/s1. The smallest absolute Gasteiger partial charge is 0.246 e. The van der Waals surface area contributed by atoms with Crippen LogP contribution in [-0.2, 0) is 32.5 Å². The summed E-state index contributed by atoms with van der Waals surface area (Å²) in [6.45, 7) is 3.91. The molecule has 4 atom stereocenters. The lowest BCUT2D eigenvalue weighted by Crippen LogP contribution is -2.53. The van der Waals surface area contributed by atoms with Crippen molar-refractivity contribution in [1.29, 1.82) is 0 Å². The second kappa shape index (κ2) is 10.5. The molecule has 2 aliphatic rings. The van der Waals surface area contributed by atoms with E-state index in [9.17, 15) is 18.0 Å². The molecule has 2 aromatic rings. The summed E-state index contributed by atoms with van der Waals surface area (Å²) in [5.41, 5.74) is 3.41. The fourth-order valence-corrected chi connectivity index (χ4v) is 5.91. The van der Waals surface area contributed by atoms with Gasteiger partial charge in [0.15, 0.2) is 0 Å². The molecule has 0 aliphatic carbocycles. The van der Waals surface area contributed by atoms with Crippen molar-refractivity contribution >= 4 is 27.5 Å². The monoisotopic (exact) mass is 513 g/mol. The lowest BCUT2D eigenvalue weighted by atomic mass is 9.89. The predicted molar refractivity (Wildman–Crippen MR) is 139 cm³/mol. The number of methoxy groups -OCH3 is 1. The van der Waals surface area contributed by atoms with Gasteiger partial charge in [0.1, 0.15) is 11.8 Å². The van der Waals surface area contributed by atoms with Crippen LogP contribution in [0.4, 0.5) is 5.69 Å². The molecule has 9 heteroatoms. The van der Waals surface area contributed by atoms with Crippen LogP contribution < -0.4 is 14.8 Å². The van der Waals surface area contributed by atoms with E-state index >= 15 is 0 Å². The van der Waals surface area contributed by atoms with Crippen LogP contribution in [0.5, 0.6) is 5.75 Å². The van der Waals surface area contributed by atoms with Gasteiger partial charge in [0.05, 0.1) is 19.4 Å². The summed E-state index contributed by atoms with van der Waals surface area (Å²) in [6.07, 6.45) is 4.72. The number of carbonyl (C=O) groups is 2. The Balaban J connectivity index is 1.57. The van der Waals surface area contributed by atoms with Crippen LogP contribution in [0.15, 0.2) is 42.5 Å². The van der Waals surface area contributed by atoms with Gasteiger partial charge in [0.25, 0.3) is 0 Å². The van der Waals surface area contributed by atoms with Crippen LogP contribution in [0.25, 0.3) is 0 Å². The molecule has 2 N–H and O–H groups in total. The van der Waals surface area contributed by atoms with E-state index in [1.807, 2.05) is 55.1 Å². The average molecular weight is 514 g/mol. The maximum Gasteiger partial charge on any atom is 0.246 e. The highest BCUT2D eigenvalue weighted by atomic mass is 32.2. The van der Waals surface area contributed by atoms with Crippen molar-refractivity contribution in [1.82, 2.24) is 10.2 Å². The maximum atomic E-state index is 13.7. The van der Waals surface area contributed by atoms with E-state index in [0.29, 0.717) is 18.5 Å². The van der Waals surface area contributed by atoms with Gasteiger partial charge in [-0.25, -0.2) is 8.42 Å². The van der Waals surface area contributed by atoms with Crippen molar-refractivity contribution in [3.8, 4) is 5.75 Å². The van der Waals surface area contributed by atoms with Crippen LogP contribution in [0.1, 0.15) is 55.8 Å². The Labute approximate surface area is 213 Å². The van der Waals surface area contributed by atoms with E-state index in [1.54, 1.807) is 13.2 Å². The first-order chi connectivity index (χ1) is 17.1. The van der Waals surface area contributed by atoms with Crippen LogP contribution >= 0.6 is 0 Å². The Kier molecular flexibility index (Phi) is 7.59. The van der Waals surface area contributed by atoms with Gasteiger partial charge in [-0.3, -0.25) is 14.3 Å². The average Bonchev–Trinajstić information content (AvgIpc) is 2.94. The molecular formula is C27H35N3O5S. The van der Waals surface area contributed by atoms with Crippen LogP contribution in [0, 0.1) is 5.92 Å². The minimum atomic E-state index is -3.42. The number of carbonyl (C=O) groups excluding carboxylic acids is 2. The number of piperidine rings is 1. The third-order valence-electron chi connectivity index (χ3n) is 7.16. The largest absolute Gasteiger partial charge is 0.497 e. The van der Waals surface area contributed by atoms with Crippen molar-refractivity contribution in [2.45, 2.75) is 64.1 Å². The topological polar surface area (TPSA) is 105 Å². The fraction of sp³-hybridized carbons (Fsp3) is 0.481. The molecule has 1 saturated heterocycles. The van der Waals surface area contributed by atoms with Gasteiger partial charge in [0, 0.05) is 24.1 Å². The molecule has 36 heavy (non-hydrogen) atoms. The first kappa shape index (κ1) is 26.0. The minimum Gasteiger partial charge on any atom is -0.497 e. The third-order valence-corrected chi connectivity index (χ3v) is 7.77. The van der Waals surface area contributed by atoms with Gasteiger partial charge in [-0.05, 0) is 73.6 Å². The zero-order valence-electron chi connectivity index (χ0n) is 21.3. The molecule has 4 rings (SSSR count). The number of ether oxygens (including phenoxy) is 1. The summed E-state index contributed by atoms with van der Waals surface area (Å²) in [5.74, 6) is 0.207.